The molecule has 106 valence electrons. The second-order valence-corrected chi connectivity index (χ2v) is 4.39. The monoisotopic (exact) mass is 272 g/mol. The topological polar surface area (TPSA) is 59.8 Å². The molecule has 0 fully saturated rings. The van der Waals surface area contributed by atoms with E-state index in [9.17, 15) is 0 Å². The highest BCUT2D eigenvalue weighted by Crippen LogP contribution is 2.07. The van der Waals surface area contributed by atoms with Gasteiger partial charge in [0.1, 0.15) is 12.4 Å². The number of aromatic nitrogens is 2. The van der Waals surface area contributed by atoms with E-state index in [1.54, 1.807) is 0 Å². The first-order valence-corrected chi connectivity index (χ1v) is 6.52. The average molecular weight is 272 g/mol. The molecule has 1 heterocycles. The molecule has 2 rings (SSSR count). The first kappa shape index (κ1) is 15.7. The summed E-state index contributed by atoms with van der Waals surface area (Å²) in [6, 6.07) is 8.59. The number of hydrogen-bond acceptors (Lipinski definition) is 2. The predicted octanol–water partition coefficient (Wildman–Crippen LogP) is 1.33. The number of carbonyl (C=O) groups is 1. The summed E-state index contributed by atoms with van der Waals surface area (Å²) in [6.45, 7) is 5.78. The van der Waals surface area contributed by atoms with Gasteiger partial charge in [-0.15, -0.1) is 0 Å². The van der Waals surface area contributed by atoms with E-state index in [4.69, 9.17) is 9.90 Å². The van der Waals surface area contributed by atoms with E-state index in [1.807, 2.05) is 18.6 Å². The molecule has 0 atom stereocenters. The van der Waals surface area contributed by atoms with Gasteiger partial charge in [-0.05, 0) is 30.9 Å². The third kappa shape index (κ3) is 6.54. The van der Waals surface area contributed by atoms with Gasteiger partial charge < -0.3 is 9.90 Å². The van der Waals surface area contributed by atoms with Crippen LogP contribution >= 0.6 is 0 Å². The van der Waals surface area contributed by atoms with Crippen LogP contribution in [0.2, 0.25) is 0 Å². The van der Waals surface area contributed by atoms with E-state index in [0.717, 1.165) is 26.3 Å². The van der Waals surface area contributed by atoms with Crippen molar-refractivity contribution in [2.45, 2.75) is 26.3 Å². The van der Waals surface area contributed by atoms with Gasteiger partial charge in [-0.2, -0.15) is 0 Å². The fraction of sp³-hybridized carbons (Fsp3) is 0.250. The Hall–Kier alpha value is -2.36. The number of carbonyl (C=O) groups excluding carboxylic acids is 1. The van der Waals surface area contributed by atoms with Crippen LogP contribution < -0.4 is 9.67 Å². The number of nitrogens with zero attached hydrogens (tertiary/aromatic N) is 1. The Morgan fingerprint density at radius 2 is 2.05 bits per heavy atom. The third-order valence-electron chi connectivity index (χ3n) is 2.70. The van der Waals surface area contributed by atoms with Gasteiger partial charge in [-0.25, -0.2) is 4.57 Å². The zero-order valence-corrected chi connectivity index (χ0v) is 11.7. The molecule has 0 saturated heterocycles. The van der Waals surface area contributed by atoms with Crippen LogP contribution in [-0.4, -0.2) is 11.0 Å². The van der Waals surface area contributed by atoms with Crippen molar-refractivity contribution in [3.05, 3.63) is 60.7 Å². The Bertz CT molecular complexity index is 512. The van der Waals surface area contributed by atoms with Crippen LogP contribution in [0.25, 0.3) is 6.08 Å². The molecule has 2 aromatic rings. The molecule has 0 aliphatic rings. The highest BCUT2D eigenvalue weighted by Gasteiger charge is 1.97. The van der Waals surface area contributed by atoms with Crippen LogP contribution in [0.5, 0.6) is 0 Å². The van der Waals surface area contributed by atoms with Gasteiger partial charge in [0.2, 0.25) is 6.33 Å². The number of nitrogens with one attached hydrogen (secondary N) is 1. The van der Waals surface area contributed by atoms with Gasteiger partial charge in [0, 0.05) is 5.97 Å². The van der Waals surface area contributed by atoms with Gasteiger partial charge in [-0.1, -0.05) is 36.9 Å². The van der Waals surface area contributed by atoms with Crippen LogP contribution in [0.3, 0.4) is 0 Å². The first-order chi connectivity index (χ1) is 9.61. The second kappa shape index (κ2) is 8.69. The number of benzene rings is 1. The maximum Gasteiger partial charge on any atom is 0.241 e. The third-order valence-corrected chi connectivity index (χ3v) is 2.70. The van der Waals surface area contributed by atoms with E-state index in [2.05, 4.69) is 46.6 Å². The zero-order chi connectivity index (χ0) is 14.8. The molecule has 0 spiro atoms. The van der Waals surface area contributed by atoms with Gasteiger partial charge >= 0.3 is 0 Å². The molecule has 1 aromatic heterocycles. The van der Waals surface area contributed by atoms with Crippen LogP contribution in [-0.2, 0) is 17.8 Å². The van der Waals surface area contributed by atoms with Crippen LogP contribution in [0.1, 0.15) is 24.5 Å². The Kier molecular flexibility index (Phi) is 6.82. The minimum absolute atomic E-state index is 0.972. The lowest BCUT2D eigenvalue weighted by molar-refractivity contribution is -0.696. The molecule has 4 nitrogen and oxygen atoms in total. The summed E-state index contributed by atoms with van der Waals surface area (Å²) >= 11 is 0. The summed E-state index contributed by atoms with van der Waals surface area (Å²) in [6.07, 6.45) is 10.1. The normalized spacial score (nSPS) is 9.45. The van der Waals surface area contributed by atoms with E-state index < -0.39 is 5.97 Å². The molecular formula is C16H20N2O2. The summed E-state index contributed by atoms with van der Waals surface area (Å²) in [5.74, 6) is -1.08. The summed E-state index contributed by atoms with van der Waals surface area (Å²) < 4.78 is 2.16. The highest BCUT2D eigenvalue weighted by atomic mass is 16.4. The number of aryl methyl sites for hydroxylation is 2. The van der Waals surface area contributed by atoms with E-state index in [0.29, 0.717) is 0 Å². The van der Waals surface area contributed by atoms with Crippen molar-refractivity contribution in [3.63, 3.8) is 0 Å². The average Bonchev–Trinajstić information content (AvgIpc) is 2.92. The lowest BCUT2D eigenvalue weighted by atomic mass is 10.1. The van der Waals surface area contributed by atoms with Crippen LogP contribution in [0.15, 0.2) is 49.6 Å². The minimum Gasteiger partial charge on any atom is -0.550 e. The number of carboxylic acids is 1. The SMILES string of the molecule is C=Cc1ccc(CCC[n+]2cc[nH]c2)cc1.CC(=O)[O-]. The number of rotatable bonds is 5. The fourth-order valence-corrected chi connectivity index (χ4v) is 1.75. The standard InChI is InChI=1S/C14H16N2.C2H4O2/c1-2-13-5-7-14(8-6-13)4-3-10-16-11-9-15-12-16;1-2(3)4/h2,5-9,11-12H,1,3-4,10H2;1H3,(H,3,4). The summed E-state index contributed by atoms with van der Waals surface area (Å²) in [4.78, 5) is 11.9. The maximum atomic E-state index is 8.89. The van der Waals surface area contributed by atoms with Crippen molar-refractivity contribution < 1.29 is 14.5 Å². The van der Waals surface area contributed by atoms with Crippen molar-refractivity contribution in [3.8, 4) is 0 Å². The van der Waals surface area contributed by atoms with Crippen molar-refractivity contribution in [1.82, 2.24) is 4.98 Å². The Morgan fingerprint density at radius 3 is 2.55 bits per heavy atom. The molecule has 0 saturated carbocycles. The summed E-state index contributed by atoms with van der Waals surface area (Å²) in [5, 5.41) is 8.89. The van der Waals surface area contributed by atoms with Crippen molar-refractivity contribution in [1.29, 1.82) is 0 Å². The quantitative estimate of drug-likeness (QED) is 0.835. The number of hydrogen-bond donors (Lipinski definition) is 1. The van der Waals surface area contributed by atoms with Gasteiger partial charge in [-0.3, -0.25) is 4.98 Å². The fourth-order valence-electron chi connectivity index (χ4n) is 1.75. The van der Waals surface area contributed by atoms with Crippen molar-refractivity contribution >= 4 is 12.0 Å². The molecular weight excluding hydrogens is 252 g/mol. The first-order valence-electron chi connectivity index (χ1n) is 6.52. The number of aliphatic carboxylic acids is 1. The van der Waals surface area contributed by atoms with Gasteiger partial charge in [0.25, 0.3) is 0 Å². The minimum atomic E-state index is -1.08. The highest BCUT2D eigenvalue weighted by molar-refractivity contribution is 5.60. The molecule has 0 amide bonds. The lowest BCUT2D eigenvalue weighted by Gasteiger charge is -2.00. The Labute approximate surface area is 119 Å². The largest absolute Gasteiger partial charge is 0.550 e. The van der Waals surface area contributed by atoms with Gasteiger partial charge in [0.05, 0.1) is 6.54 Å². The second-order valence-electron chi connectivity index (χ2n) is 4.39. The summed E-state index contributed by atoms with van der Waals surface area (Å²) in [5.41, 5.74) is 2.57. The predicted molar refractivity (Wildman–Crippen MR) is 76.5 cm³/mol. The van der Waals surface area contributed by atoms with Crippen molar-refractivity contribution in [2.24, 2.45) is 0 Å². The number of imidazole rings is 1. The van der Waals surface area contributed by atoms with E-state index >= 15 is 0 Å². The molecule has 0 aliphatic carbocycles. The smallest absolute Gasteiger partial charge is 0.241 e. The Morgan fingerprint density at radius 1 is 1.40 bits per heavy atom. The molecule has 4 heteroatoms. The summed E-state index contributed by atoms with van der Waals surface area (Å²) in [7, 11) is 0. The lowest BCUT2D eigenvalue weighted by Crippen LogP contribution is -2.30. The van der Waals surface area contributed by atoms with Crippen LogP contribution in [0, 0.1) is 0 Å². The zero-order valence-electron chi connectivity index (χ0n) is 11.7. The van der Waals surface area contributed by atoms with E-state index in [-0.39, 0.29) is 0 Å². The molecule has 0 unspecified atom stereocenters. The number of H-pyrrole nitrogens is 1. The number of carboxylic acid groups (broad SMARTS) is 1. The maximum absolute atomic E-state index is 8.89. The van der Waals surface area contributed by atoms with E-state index in [1.165, 1.54) is 11.1 Å². The van der Waals surface area contributed by atoms with Crippen LogP contribution in [0.4, 0.5) is 0 Å². The molecule has 0 radical (unpaired) electrons. The molecule has 0 bridgehead atoms. The molecule has 0 aliphatic heterocycles. The number of aromatic amines is 1. The molecule has 20 heavy (non-hydrogen) atoms. The molecule has 1 aromatic carbocycles. The Balaban J connectivity index is 0.000000444. The van der Waals surface area contributed by atoms with Gasteiger partial charge in [0.15, 0.2) is 0 Å². The molecule has 1 N–H and O–H groups in total. The van der Waals surface area contributed by atoms with Crippen molar-refractivity contribution in [2.75, 3.05) is 0 Å².